The van der Waals surface area contributed by atoms with Gasteiger partial charge in [-0.05, 0) is 29.8 Å². The highest BCUT2D eigenvalue weighted by Gasteiger charge is 2.22. The summed E-state index contributed by atoms with van der Waals surface area (Å²) in [6.45, 7) is 0. The highest BCUT2D eigenvalue weighted by molar-refractivity contribution is 7.26. The number of thiophene rings is 1. The summed E-state index contributed by atoms with van der Waals surface area (Å²) in [6.07, 6.45) is 0. The topological polar surface area (TPSA) is 65.0 Å². The van der Waals surface area contributed by atoms with Gasteiger partial charge in [-0.3, -0.25) is 0 Å². The molecule has 12 rings (SSSR count). The molecular weight excluding hydrogens is 719 g/mol. The molecule has 0 aliphatic rings. The molecule has 266 valence electrons. The van der Waals surface area contributed by atoms with Crippen LogP contribution in [0.4, 0.5) is 0 Å². The van der Waals surface area contributed by atoms with Crippen molar-refractivity contribution < 1.29 is 8.83 Å². The summed E-state index contributed by atoms with van der Waals surface area (Å²) in [5, 5.41) is 6.76. The van der Waals surface area contributed by atoms with Gasteiger partial charge in [0.05, 0.1) is 0 Å². The highest BCUT2D eigenvalue weighted by atomic mass is 32.1. The smallest absolute Gasteiger partial charge is 0.164 e. The maximum atomic E-state index is 6.82. The normalized spacial score (nSPS) is 11.9. The Balaban J connectivity index is 1.04. The minimum atomic E-state index is 0.640. The summed E-state index contributed by atoms with van der Waals surface area (Å²) in [4.78, 5) is 14.9. The molecule has 57 heavy (non-hydrogen) atoms. The molecule has 0 saturated heterocycles. The number of aromatic nitrogens is 3. The molecule has 0 aliphatic heterocycles. The molecule has 0 spiro atoms. The van der Waals surface area contributed by atoms with Crippen LogP contribution < -0.4 is 0 Å². The highest BCUT2D eigenvalue weighted by Crippen LogP contribution is 2.48. The number of para-hydroxylation sites is 3. The van der Waals surface area contributed by atoms with Gasteiger partial charge in [-0.25, -0.2) is 15.0 Å². The number of fused-ring (bicyclic) bond motifs is 9. The lowest BCUT2D eigenvalue weighted by atomic mass is 9.93. The summed E-state index contributed by atoms with van der Waals surface area (Å²) in [5.74, 6) is 1.93. The molecule has 12 aromatic rings. The molecule has 0 N–H and O–H groups in total. The van der Waals surface area contributed by atoms with Crippen LogP contribution in [0.3, 0.4) is 0 Å². The second kappa shape index (κ2) is 12.6. The van der Waals surface area contributed by atoms with Crippen molar-refractivity contribution in [2.24, 2.45) is 0 Å². The van der Waals surface area contributed by atoms with E-state index in [4.69, 9.17) is 23.8 Å². The third-order valence-corrected chi connectivity index (χ3v) is 12.2. The third-order valence-electron chi connectivity index (χ3n) is 11.0. The van der Waals surface area contributed by atoms with Gasteiger partial charge < -0.3 is 8.83 Å². The quantitative estimate of drug-likeness (QED) is 0.175. The van der Waals surface area contributed by atoms with Crippen molar-refractivity contribution in [2.75, 3.05) is 0 Å². The first-order valence-corrected chi connectivity index (χ1v) is 19.7. The van der Waals surface area contributed by atoms with Crippen LogP contribution in [-0.2, 0) is 0 Å². The van der Waals surface area contributed by atoms with Crippen LogP contribution >= 0.6 is 11.3 Å². The van der Waals surface area contributed by atoms with Gasteiger partial charge in [0.15, 0.2) is 17.5 Å². The second-order valence-corrected chi connectivity index (χ2v) is 15.3. The van der Waals surface area contributed by atoms with E-state index in [-0.39, 0.29) is 0 Å². The van der Waals surface area contributed by atoms with Crippen LogP contribution in [0.25, 0.3) is 120 Å². The van der Waals surface area contributed by atoms with Crippen molar-refractivity contribution in [1.29, 1.82) is 0 Å². The Morgan fingerprint density at radius 1 is 0.351 bits per heavy atom. The molecule has 4 aromatic heterocycles. The Hall–Kier alpha value is -7.41. The van der Waals surface area contributed by atoms with E-state index in [0.717, 1.165) is 87.5 Å². The fourth-order valence-corrected chi connectivity index (χ4v) is 9.58. The Labute approximate surface area is 330 Å². The van der Waals surface area contributed by atoms with Crippen molar-refractivity contribution >= 4 is 75.4 Å². The van der Waals surface area contributed by atoms with Crippen molar-refractivity contribution in [2.45, 2.75) is 0 Å². The molecule has 0 amide bonds. The monoisotopic (exact) mass is 747 g/mol. The number of hydrogen-bond acceptors (Lipinski definition) is 6. The molecule has 0 radical (unpaired) electrons. The fourth-order valence-electron chi connectivity index (χ4n) is 8.31. The van der Waals surface area contributed by atoms with Crippen LogP contribution in [0, 0.1) is 0 Å². The summed E-state index contributed by atoms with van der Waals surface area (Å²) in [6, 6.07) is 60.8. The first-order chi connectivity index (χ1) is 28.2. The summed E-state index contributed by atoms with van der Waals surface area (Å²) < 4.78 is 15.7. The number of rotatable bonds is 5. The van der Waals surface area contributed by atoms with E-state index in [1.165, 1.54) is 15.5 Å². The van der Waals surface area contributed by atoms with Crippen LogP contribution in [-0.4, -0.2) is 15.0 Å². The van der Waals surface area contributed by atoms with E-state index in [2.05, 4.69) is 97.1 Å². The zero-order valence-corrected chi connectivity index (χ0v) is 31.1. The van der Waals surface area contributed by atoms with E-state index in [1.807, 2.05) is 78.9 Å². The molecule has 4 heterocycles. The Bertz CT molecular complexity index is 3470. The summed E-state index contributed by atoms with van der Waals surface area (Å²) in [5.41, 5.74) is 10.6. The lowest BCUT2D eigenvalue weighted by Crippen LogP contribution is -1.99. The summed E-state index contributed by atoms with van der Waals surface area (Å²) >= 11 is 1.79. The minimum absolute atomic E-state index is 0.640. The zero-order valence-electron chi connectivity index (χ0n) is 30.3. The molecule has 8 aromatic carbocycles. The van der Waals surface area contributed by atoms with Gasteiger partial charge >= 0.3 is 0 Å². The van der Waals surface area contributed by atoms with Crippen LogP contribution in [0.15, 0.2) is 185 Å². The van der Waals surface area contributed by atoms with Gasteiger partial charge in [-0.1, -0.05) is 152 Å². The SMILES string of the molecule is c1ccc(-c2nc(-c3ccccc3)nc(-c3ccc4c(c3)sc3c(-c5ccc(-c6cccc7c6oc6ccccc67)c6c5oc5ccccc56)cccc34)n2)cc1. The maximum absolute atomic E-state index is 6.82. The molecule has 0 unspecified atom stereocenters. The van der Waals surface area contributed by atoms with Crippen LogP contribution in [0.5, 0.6) is 0 Å². The van der Waals surface area contributed by atoms with Crippen molar-refractivity contribution in [1.82, 2.24) is 15.0 Å². The molecule has 5 nitrogen and oxygen atoms in total. The third kappa shape index (κ3) is 5.04. The first-order valence-electron chi connectivity index (χ1n) is 18.9. The Morgan fingerprint density at radius 3 is 1.63 bits per heavy atom. The van der Waals surface area contributed by atoms with Gasteiger partial charge in [0.25, 0.3) is 0 Å². The number of hydrogen-bond donors (Lipinski definition) is 0. The fraction of sp³-hybridized carbons (Fsp3) is 0. The van der Waals surface area contributed by atoms with Gasteiger partial charge in [0, 0.05) is 75.1 Å². The standard InChI is InChI=1S/C51H29N3O2S/c1-3-13-30(14-4-1)49-52-50(31-15-5-2-6-16-31)54-51(53-49)32-25-26-34-39-21-12-22-40(48(39)57-44(34)29-32)38-28-27-35(45-41-18-8-10-24-43(41)56-47(38)45)37-20-11-19-36-33-17-7-9-23-42(33)55-46(36)37/h1-29H. The molecular formula is C51H29N3O2S. The number of furan rings is 2. The minimum Gasteiger partial charge on any atom is -0.455 e. The zero-order chi connectivity index (χ0) is 37.5. The van der Waals surface area contributed by atoms with E-state index in [1.54, 1.807) is 11.3 Å². The van der Waals surface area contributed by atoms with Gasteiger partial charge in [-0.15, -0.1) is 11.3 Å². The molecule has 0 bridgehead atoms. The lowest BCUT2D eigenvalue weighted by Gasteiger charge is -2.10. The van der Waals surface area contributed by atoms with Gasteiger partial charge in [0.2, 0.25) is 0 Å². The van der Waals surface area contributed by atoms with Crippen molar-refractivity contribution in [3.05, 3.63) is 176 Å². The molecule has 0 aliphatic carbocycles. The maximum Gasteiger partial charge on any atom is 0.164 e. The molecule has 0 fully saturated rings. The van der Waals surface area contributed by atoms with Gasteiger partial charge in [-0.2, -0.15) is 0 Å². The molecule has 0 saturated carbocycles. The largest absolute Gasteiger partial charge is 0.455 e. The Kier molecular flexibility index (Phi) is 7.03. The van der Waals surface area contributed by atoms with Crippen LogP contribution in [0.1, 0.15) is 0 Å². The van der Waals surface area contributed by atoms with E-state index < -0.39 is 0 Å². The average molecular weight is 748 g/mol. The van der Waals surface area contributed by atoms with E-state index in [9.17, 15) is 0 Å². The van der Waals surface area contributed by atoms with Crippen molar-refractivity contribution in [3.63, 3.8) is 0 Å². The Morgan fingerprint density at radius 2 is 0.895 bits per heavy atom. The molecule has 0 atom stereocenters. The average Bonchev–Trinajstić information content (AvgIpc) is 3.98. The summed E-state index contributed by atoms with van der Waals surface area (Å²) in [7, 11) is 0. The van der Waals surface area contributed by atoms with Crippen LogP contribution in [0.2, 0.25) is 0 Å². The van der Waals surface area contributed by atoms with E-state index in [0.29, 0.717) is 17.5 Å². The van der Waals surface area contributed by atoms with Gasteiger partial charge in [0.1, 0.15) is 22.3 Å². The molecule has 6 heteroatoms. The predicted octanol–water partition coefficient (Wildman–Crippen LogP) is 14.4. The number of benzene rings is 8. The number of nitrogens with zero attached hydrogens (tertiary/aromatic N) is 3. The first kappa shape index (κ1) is 31.9. The van der Waals surface area contributed by atoms with E-state index >= 15 is 0 Å². The second-order valence-electron chi connectivity index (χ2n) is 14.3. The van der Waals surface area contributed by atoms with Crippen molar-refractivity contribution in [3.8, 4) is 56.4 Å². The predicted molar refractivity (Wildman–Crippen MR) is 234 cm³/mol. The lowest BCUT2D eigenvalue weighted by molar-refractivity contribution is 0.669.